The summed E-state index contributed by atoms with van der Waals surface area (Å²) in [5, 5.41) is 12.9. The first-order chi connectivity index (χ1) is 16.1. The number of piperidine rings is 1. The van der Waals surface area contributed by atoms with Gasteiger partial charge in [-0.15, -0.1) is 0 Å². The van der Waals surface area contributed by atoms with Crippen molar-refractivity contribution in [3.8, 4) is 11.5 Å². The van der Waals surface area contributed by atoms with Crippen LogP contribution in [0.3, 0.4) is 0 Å². The number of para-hydroxylation sites is 1. The number of carboxylic acid groups (broad SMARTS) is 1. The Balaban J connectivity index is 1.12. The number of hydrogen-bond acceptors (Lipinski definition) is 4. The zero-order chi connectivity index (χ0) is 22.6. The molecule has 0 amide bonds. The molecule has 3 atom stereocenters. The monoisotopic (exact) mass is 442 g/mol. The lowest BCUT2D eigenvalue weighted by Crippen LogP contribution is -2.48. The van der Waals surface area contributed by atoms with Gasteiger partial charge in [-0.25, -0.2) is 4.79 Å². The van der Waals surface area contributed by atoms with Crippen LogP contribution in [-0.4, -0.2) is 34.1 Å². The van der Waals surface area contributed by atoms with Crippen molar-refractivity contribution >= 4 is 5.97 Å². The highest BCUT2D eigenvalue weighted by atomic mass is 16.5. The van der Waals surface area contributed by atoms with Crippen LogP contribution in [0.2, 0.25) is 0 Å². The number of ether oxygens (including phenoxy) is 1. The molecular formula is C28H30N2O3. The second-order valence-corrected chi connectivity index (χ2v) is 9.17. The van der Waals surface area contributed by atoms with Crippen LogP contribution in [0.5, 0.6) is 11.5 Å². The molecule has 0 aromatic heterocycles. The SMILES string of the molecule is O=C(O)c1ccc(CN2[C@@H]3CC[C@H]2C[C@H](NCc2ccc(Oc4ccccc4)cc2)C3)cc1. The molecule has 2 aliphatic heterocycles. The fraction of sp³-hybridized carbons (Fsp3) is 0.321. The zero-order valence-corrected chi connectivity index (χ0v) is 18.7. The smallest absolute Gasteiger partial charge is 0.335 e. The summed E-state index contributed by atoms with van der Waals surface area (Å²) in [4.78, 5) is 13.7. The Morgan fingerprint density at radius 2 is 1.45 bits per heavy atom. The molecule has 33 heavy (non-hydrogen) atoms. The van der Waals surface area contributed by atoms with E-state index in [9.17, 15) is 4.79 Å². The Bertz CT molecular complexity index is 1050. The van der Waals surface area contributed by atoms with Crippen molar-refractivity contribution in [2.75, 3.05) is 0 Å². The third kappa shape index (κ3) is 5.27. The maximum absolute atomic E-state index is 11.1. The normalized spacial score (nSPS) is 22.2. The quantitative estimate of drug-likeness (QED) is 0.485. The van der Waals surface area contributed by atoms with Gasteiger partial charge in [-0.1, -0.05) is 42.5 Å². The first-order valence-corrected chi connectivity index (χ1v) is 11.8. The Labute approximate surface area is 195 Å². The van der Waals surface area contributed by atoms with E-state index in [0.717, 1.165) is 24.6 Å². The van der Waals surface area contributed by atoms with Crippen molar-refractivity contribution in [1.29, 1.82) is 0 Å². The van der Waals surface area contributed by atoms with Gasteiger partial charge in [-0.2, -0.15) is 0 Å². The summed E-state index contributed by atoms with van der Waals surface area (Å²) in [5.41, 5.74) is 2.81. The van der Waals surface area contributed by atoms with Crippen LogP contribution in [0, 0.1) is 0 Å². The summed E-state index contributed by atoms with van der Waals surface area (Å²) in [6.45, 7) is 1.78. The molecule has 0 radical (unpaired) electrons. The highest BCUT2D eigenvalue weighted by Gasteiger charge is 2.40. The molecular weight excluding hydrogens is 412 g/mol. The highest BCUT2D eigenvalue weighted by Crippen LogP contribution is 2.37. The van der Waals surface area contributed by atoms with Crippen LogP contribution in [0.1, 0.15) is 47.2 Å². The van der Waals surface area contributed by atoms with E-state index in [1.165, 1.54) is 36.8 Å². The van der Waals surface area contributed by atoms with E-state index in [-0.39, 0.29) is 0 Å². The molecule has 2 saturated heterocycles. The lowest BCUT2D eigenvalue weighted by Gasteiger charge is -2.39. The van der Waals surface area contributed by atoms with Crippen molar-refractivity contribution in [3.05, 3.63) is 95.6 Å². The van der Waals surface area contributed by atoms with Crippen LogP contribution in [0.15, 0.2) is 78.9 Å². The molecule has 0 unspecified atom stereocenters. The average molecular weight is 443 g/mol. The van der Waals surface area contributed by atoms with Gasteiger partial charge >= 0.3 is 5.97 Å². The molecule has 2 fully saturated rings. The van der Waals surface area contributed by atoms with E-state index in [1.807, 2.05) is 54.6 Å². The van der Waals surface area contributed by atoms with Crippen LogP contribution in [0.25, 0.3) is 0 Å². The Kier molecular flexibility index (Phi) is 6.42. The van der Waals surface area contributed by atoms with Crippen LogP contribution < -0.4 is 10.1 Å². The summed E-state index contributed by atoms with van der Waals surface area (Å²) in [6.07, 6.45) is 4.83. The molecule has 2 aliphatic rings. The summed E-state index contributed by atoms with van der Waals surface area (Å²) in [6, 6.07) is 27.3. The molecule has 0 spiro atoms. The van der Waals surface area contributed by atoms with E-state index in [4.69, 9.17) is 9.84 Å². The predicted octanol–water partition coefficient (Wildman–Crippen LogP) is 5.46. The van der Waals surface area contributed by atoms with Crippen LogP contribution in [0.4, 0.5) is 0 Å². The van der Waals surface area contributed by atoms with Gasteiger partial charge in [0.15, 0.2) is 0 Å². The van der Waals surface area contributed by atoms with E-state index in [2.05, 4.69) is 22.3 Å². The Hall–Kier alpha value is -3.15. The largest absolute Gasteiger partial charge is 0.478 e. The molecule has 3 aromatic rings. The van der Waals surface area contributed by atoms with Gasteiger partial charge in [0.25, 0.3) is 0 Å². The van der Waals surface area contributed by atoms with Gasteiger partial charge in [-0.3, -0.25) is 4.90 Å². The molecule has 2 heterocycles. The molecule has 3 aromatic carbocycles. The van der Waals surface area contributed by atoms with Crippen molar-refractivity contribution in [2.24, 2.45) is 0 Å². The molecule has 2 N–H and O–H groups in total. The van der Waals surface area contributed by atoms with E-state index >= 15 is 0 Å². The topological polar surface area (TPSA) is 61.8 Å². The van der Waals surface area contributed by atoms with Crippen molar-refractivity contribution in [2.45, 2.75) is 56.9 Å². The molecule has 0 saturated carbocycles. The van der Waals surface area contributed by atoms with Gasteiger partial charge in [0, 0.05) is 31.2 Å². The summed E-state index contributed by atoms with van der Waals surface area (Å²) >= 11 is 0. The number of benzene rings is 3. The maximum Gasteiger partial charge on any atom is 0.335 e. The fourth-order valence-corrected chi connectivity index (χ4v) is 5.22. The minimum atomic E-state index is -0.869. The fourth-order valence-electron chi connectivity index (χ4n) is 5.22. The minimum absolute atomic E-state index is 0.351. The lowest BCUT2D eigenvalue weighted by molar-refractivity contribution is 0.0696. The molecule has 170 valence electrons. The number of fused-ring (bicyclic) bond motifs is 2. The van der Waals surface area contributed by atoms with Crippen LogP contribution >= 0.6 is 0 Å². The summed E-state index contributed by atoms with van der Waals surface area (Å²) in [5.74, 6) is 0.836. The molecule has 5 heteroatoms. The number of hydrogen-bond donors (Lipinski definition) is 2. The van der Waals surface area contributed by atoms with Crippen molar-refractivity contribution in [1.82, 2.24) is 10.2 Å². The van der Waals surface area contributed by atoms with E-state index < -0.39 is 5.97 Å². The molecule has 0 aliphatic carbocycles. The van der Waals surface area contributed by atoms with Crippen LogP contribution in [-0.2, 0) is 13.1 Å². The second kappa shape index (κ2) is 9.77. The van der Waals surface area contributed by atoms with Gasteiger partial charge in [0.2, 0.25) is 0 Å². The van der Waals surface area contributed by atoms with E-state index in [1.54, 1.807) is 12.1 Å². The van der Waals surface area contributed by atoms with Gasteiger partial charge < -0.3 is 15.2 Å². The Morgan fingerprint density at radius 3 is 2.09 bits per heavy atom. The third-order valence-corrected chi connectivity index (χ3v) is 6.95. The van der Waals surface area contributed by atoms with Crippen molar-refractivity contribution in [3.63, 3.8) is 0 Å². The minimum Gasteiger partial charge on any atom is -0.478 e. The molecule has 5 nitrogen and oxygen atoms in total. The third-order valence-electron chi connectivity index (χ3n) is 6.95. The number of carbonyl (C=O) groups is 1. The van der Waals surface area contributed by atoms with Gasteiger partial charge in [0.05, 0.1) is 5.56 Å². The number of nitrogens with zero attached hydrogens (tertiary/aromatic N) is 1. The number of rotatable bonds is 8. The second-order valence-electron chi connectivity index (χ2n) is 9.17. The highest BCUT2D eigenvalue weighted by molar-refractivity contribution is 5.87. The van der Waals surface area contributed by atoms with Gasteiger partial charge in [-0.05, 0) is 73.2 Å². The van der Waals surface area contributed by atoms with Gasteiger partial charge in [0.1, 0.15) is 11.5 Å². The summed E-state index contributed by atoms with van der Waals surface area (Å²) < 4.78 is 5.89. The van der Waals surface area contributed by atoms with Crippen molar-refractivity contribution < 1.29 is 14.6 Å². The number of aromatic carboxylic acids is 1. The predicted molar refractivity (Wildman–Crippen MR) is 129 cm³/mol. The zero-order valence-electron chi connectivity index (χ0n) is 18.7. The first kappa shape index (κ1) is 21.7. The van der Waals surface area contributed by atoms with E-state index in [0.29, 0.717) is 23.7 Å². The first-order valence-electron chi connectivity index (χ1n) is 11.8. The Morgan fingerprint density at radius 1 is 0.848 bits per heavy atom. The molecule has 2 bridgehead atoms. The standard InChI is InChI=1S/C28H30N2O3/c31-28(32)22-10-6-21(7-11-22)19-30-24-12-13-25(30)17-23(16-24)29-18-20-8-14-27(15-9-20)33-26-4-2-1-3-5-26/h1-11,14-15,23-25,29H,12-13,16-19H2,(H,31,32)/t23-,24-,25+. The summed E-state index contributed by atoms with van der Waals surface area (Å²) in [7, 11) is 0. The number of carboxylic acids is 1. The maximum atomic E-state index is 11.1. The number of nitrogens with one attached hydrogen (secondary N) is 1. The molecule has 5 rings (SSSR count). The lowest BCUT2D eigenvalue weighted by atomic mass is 9.96. The average Bonchev–Trinajstić information content (AvgIpc) is 3.06.